The number of likely N-dealkylation sites (tertiary alicyclic amines) is 1. The monoisotopic (exact) mass is 347 g/mol. The number of benzene rings is 1. The summed E-state index contributed by atoms with van der Waals surface area (Å²) in [5.41, 5.74) is 6.47. The normalized spacial score (nSPS) is 22.3. The number of aliphatic hydroxyl groups is 1. The minimum Gasteiger partial charge on any atom is -0.465 e. The van der Waals surface area contributed by atoms with Gasteiger partial charge in [0.1, 0.15) is 10.5 Å². The topological polar surface area (TPSA) is 99.7 Å². The average Bonchev–Trinajstić information content (AvgIpc) is 3.04. The molecule has 1 aromatic heterocycles. The Balaban J connectivity index is 2.05. The lowest BCUT2D eigenvalue weighted by Gasteiger charge is -2.46. The molecular formula is C17H21N3O3S. The molecule has 1 aromatic carbocycles. The molecule has 0 bridgehead atoms. The Morgan fingerprint density at radius 1 is 1.46 bits per heavy atom. The molecule has 128 valence electrons. The summed E-state index contributed by atoms with van der Waals surface area (Å²) in [6, 6.07) is 7.50. The van der Waals surface area contributed by atoms with E-state index in [-0.39, 0.29) is 0 Å². The largest absolute Gasteiger partial charge is 0.465 e. The number of piperidine rings is 1. The molecule has 4 N–H and O–H groups in total. The van der Waals surface area contributed by atoms with Gasteiger partial charge in [-0.1, -0.05) is 12.1 Å². The maximum atomic E-state index is 11.7. The number of nitrogens with two attached hydrogens (primary N) is 1. The number of carboxylic acid groups (broad SMARTS) is 1. The zero-order valence-electron chi connectivity index (χ0n) is 13.5. The van der Waals surface area contributed by atoms with E-state index in [1.165, 1.54) is 16.2 Å². The van der Waals surface area contributed by atoms with Gasteiger partial charge in [0, 0.05) is 18.4 Å². The van der Waals surface area contributed by atoms with Crippen LogP contribution in [0.2, 0.25) is 0 Å². The second-order valence-electron chi connectivity index (χ2n) is 6.15. The zero-order chi connectivity index (χ0) is 17.3. The quantitative estimate of drug-likeness (QED) is 0.741. The number of anilines is 1. The smallest absolute Gasteiger partial charge is 0.408 e. The first-order valence-corrected chi connectivity index (χ1v) is 8.77. The number of amides is 1. The van der Waals surface area contributed by atoms with Crippen LogP contribution in [0.25, 0.3) is 10.4 Å². The Labute approximate surface area is 144 Å². The Morgan fingerprint density at radius 3 is 2.92 bits per heavy atom. The molecule has 1 saturated heterocycles. The first-order chi connectivity index (χ1) is 11.4. The number of hydrogen-bond acceptors (Lipinski definition) is 5. The lowest BCUT2D eigenvalue weighted by Crippen LogP contribution is -2.57. The number of carbonyl (C=O) groups is 1. The molecule has 0 aliphatic carbocycles. The molecule has 1 fully saturated rings. The molecule has 1 amide bonds. The van der Waals surface area contributed by atoms with Crippen LogP contribution in [0.15, 0.2) is 30.5 Å². The third-order valence-corrected chi connectivity index (χ3v) is 5.85. The number of nitrogen functional groups attached to an aromatic ring is 1. The zero-order valence-corrected chi connectivity index (χ0v) is 14.3. The summed E-state index contributed by atoms with van der Waals surface area (Å²) in [6.07, 6.45) is 2.11. The lowest BCUT2D eigenvalue weighted by atomic mass is 9.83. The molecule has 7 heteroatoms. The van der Waals surface area contributed by atoms with Crippen LogP contribution in [0.3, 0.4) is 0 Å². The number of thiazole rings is 1. The van der Waals surface area contributed by atoms with Crippen molar-refractivity contribution in [3.05, 3.63) is 35.5 Å². The van der Waals surface area contributed by atoms with Crippen molar-refractivity contribution in [3.63, 3.8) is 0 Å². The number of aromatic nitrogens is 1. The van der Waals surface area contributed by atoms with E-state index in [0.717, 1.165) is 23.3 Å². The highest BCUT2D eigenvalue weighted by Gasteiger charge is 2.49. The Hall–Kier alpha value is -2.12. The molecule has 6 nitrogen and oxygen atoms in total. The number of rotatable bonds is 3. The molecule has 2 heterocycles. The van der Waals surface area contributed by atoms with Gasteiger partial charge in [-0.25, -0.2) is 9.78 Å². The van der Waals surface area contributed by atoms with Crippen molar-refractivity contribution in [1.29, 1.82) is 0 Å². The summed E-state index contributed by atoms with van der Waals surface area (Å²) in [4.78, 5) is 18.5. The van der Waals surface area contributed by atoms with Crippen molar-refractivity contribution in [2.24, 2.45) is 0 Å². The van der Waals surface area contributed by atoms with Gasteiger partial charge in [0.15, 0.2) is 0 Å². The van der Waals surface area contributed by atoms with Crippen molar-refractivity contribution in [1.82, 2.24) is 9.88 Å². The number of aliphatic hydroxyl groups excluding tert-OH is 1. The molecule has 1 aliphatic rings. The Morgan fingerprint density at radius 2 is 2.25 bits per heavy atom. The summed E-state index contributed by atoms with van der Waals surface area (Å²) >= 11 is 1.42. The van der Waals surface area contributed by atoms with E-state index in [0.29, 0.717) is 23.7 Å². The van der Waals surface area contributed by atoms with E-state index in [1.54, 1.807) is 13.1 Å². The van der Waals surface area contributed by atoms with Gasteiger partial charge in [0.05, 0.1) is 11.0 Å². The highest BCUT2D eigenvalue weighted by atomic mass is 32.1. The van der Waals surface area contributed by atoms with Crippen LogP contribution in [-0.4, -0.2) is 38.8 Å². The van der Waals surface area contributed by atoms with Crippen LogP contribution in [0.5, 0.6) is 0 Å². The predicted molar refractivity (Wildman–Crippen MR) is 93.9 cm³/mol. The van der Waals surface area contributed by atoms with Gasteiger partial charge in [0.25, 0.3) is 0 Å². The molecule has 2 aromatic rings. The summed E-state index contributed by atoms with van der Waals surface area (Å²) in [5.74, 6) is 0. The van der Waals surface area contributed by atoms with E-state index < -0.39 is 17.7 Å². The van der Waals surface area contributed by atoms with Gasteiger partial charge >= 0.3 is 6.09 Å². The van der Waals surface area contributed by atoms with E-state index in [4.69, 9.17) is 5.73 Å². The molecule has 2 unspecified atom stereocenters. The third kappa shape index (κ3) is 2.74. The summed E-state index contributed by atoms with van der Waals surface area (Å²) < 4.78 is 0. The first-order valence-electron chi connectivity index (χ1n) is 7.96. The van der Waals surface area contributed by atoms with Gasteiger partial charge < -0.3 is 15.9 Å². The fourth-order valence-electron chi connectivity index (χ4n) is 3.40. The number of nitrogens with zero attached hydrogens (tertiary/aromatic N) is 2. The molecule has 0 saturated carbocycles. The van der Waals surface area contributed by atoms with Gasteiger partial charge in [-0.2, -0.15) is 0 Å². The first kappa shape index (κ1) is 16.7. The van der Waals surface area contributed by atoms with Crippen molar-refractivity contribution < 1.29 is 15.0 Å². The van der Waals surface area contributed by atoms with Crippen molar-refractivity contribution >= 4 is 23.1 Å². The van der Waals surface area contributed by atoms with Crippen LogP contribution < -0.4 is 5.73 Å². The van der Waals surface area contributed by atoms with Crippen molar-refractivity contribution in [3.8, 4) is 10.4 Å². The highest BCUT2D eigenvalue weighted by Crippen LogP contribution is 2.44. The van der Waals surface area contributed by atoms with Gasteiger partial charge in [-0.05, 0) is 43.9 Å². The lowest BCUT2D eigenvalue weighted by molar-refractivity contribution is -0.0402. The van der Waals surface area contributed by atoms with Crippen LogP contribution in [-0.2, 0) is 5.54 Å². The third-order valence-electron chi connectivity index (χ3n) is 4.64. The highest BCUT2D eigenvalue weighted by molar-refractivity contribution is 7.15. The van der Waals surface area contributed by atoms with E-state index in [1.807, 2.05) is 24.3 Å². The van der Waals surface area contributed by atoms with Gasteiger partial charge in [-0.15, -0.1) is 11.3 Å². The van der Waals surface area contributed by atoms with E-state index >= 15 is 0 Å². The Kier molecular flexibility index (Phi) is 4.47. The van der Waals surface area contributed by atoms with Gasteiger partial charge in [-0.3, -0.25) is 4.90 Å². The van der Waals surface area contributed by atoms with Crippen LogP contribution in [0, 0.1) is 0 Å². The molecule has 1 aliphatic heterocycles. The maximum absolute atomic E-state index is 11.7. The second kappa shape index (κ2) is 6.41. The molecule has 0 radical (unpaired) electrons. The van der Waals surface area contributed by atoms with Crippen molar-refractivity contribution in [2.75, 3.05) is 12.3 Å². The van der Waals surface area contributed by atoms with Gasteiger partial charge in [0.2, 0.25) is 0 Å². The van der Waals surface area contributed by atoms with Crippen LogP contribution in [0.1, 0.15) is 31.2 Å². The minimum absolute atomic E-state index is 0.410. The van der Waals surface area contributed by atoms with Crippen LogP contribution >= 0.6 is 11.3 Å². The fraction of sp³-hybridized carbons (Fsp3) is 0.412. The number of hydrogen-bond donors (Lipinski definition) is 3. The predicted octanol–water partition coefficient (Wildman–Crippen LogP) is 3.13. The summed E-state index contributed by atoms with van der Waals surface area (Å²) in [5, 5.41) is 20.7. The molecule has 3 rings (SSSR count). The van der Waals surface area contributed by atoms with E-state index in [2.05, 4.69) is 4.98 Å². The van der Waals surface area contributed by atoms with E-state index in [9.17, 15) is 15.0 Å². The molecule has 2 atom stereocenters. The Bertz CT molecular complexity index is 746. The molecule has 24 heavy (non-hydrogen) atoms. The molecule has 0 spiro atoms. The molecular weight excluding hydrogens is 326 g/mol. The standard InChI is InChI=1S/C17H21N3O3S/c1-11(21)17(7-2-3-8-20(17)16(22)23)15-19-10-14(24-15)12-5-4-6-13(18)9-12/h4-6,9-11,21H,2-3,7-8,18H2,1H3,(H,22,23). The summed E-state index contributed by atoms with van der Waals surface area (Å²) in [6.45, 7) is 2.05. The SMILES string of the molecule is CC(O)C1(c2ncc(-c3cccc(N)c3)s2)CCCCN1C(=O)O. The maximum Gasteiger partial charge on any atom is 0.408 e. The van der Waals surface area contributed by atoms with Crippen LogP contribution in [0.4, 0.5) is 10.5 Å². The summed E-state index contributed by atoms with van der Waals surface area (Å²) in [7, 11) is 0. The minimum atomic E-state index is -1.02. The average molecular weight is 347 g/mol. The van der Waals surface area contributed by atoms with Crippen molar-refractivity contribution in [2.45, 2.75) is 37.8 Å². The second-order valence-corrected chi connectivity index (χ2v) is 7.18. The fourth-order valence-corrected chi connectivity index (χ4v) is 4.62.